The number of nitrogens with zero attached hydrogens (tertiary/aromatic N) is 1. The molecule has 0 atom stereocenters. The van der Waals surface area contributed by atoms with E-state index in [2.05, 4.69) is 4.90 Å². The number of esters is 1. The third-order valence-electron chi connectivity index (χ3n) is 2.61. The summed E-state index contributed by atoms with van der Waals surface area (Å²) in [6.45, 7) is 7.62. The number of likely N-dealkylation sites (N-methyl/N-ethyl adjacent to an activating group) is 1. The maximum atomic E-state index is 11.6. The molecule has 0 unspecified atom stereocenters. The van der Waals surface area contributed by atoms with Crippen LogP contribution in [0.1, 0.15) is 33.6 Å². The monoisotopic (exact) mass is 229 g/mol. The fourth-order valence-corrected chi connectivity index (χ4v) is 1.83. The number of hydrogen-bond acceptors (Lipinski definition) is 4. The lowest BCUT2D eigenvalue weighted by atomic mass is 10.1. The molecule has 0 aliphatic carbocycles. The molecule has 0 saturated carbocycles. The van der Waals surface area contributed by atoms with Crippen molar-refractivity contribution < 1.29 is 14.3 Å². The molecule has 1 rings (SSSR count). The lowest BCUT2D eigenvalue weighted by Crippen LogP contribution is -2.41. The molecule has 0 aromatic rings. The first-order valence-corrected chi connectivity index (χ1v) is 5.88. The van der Waals surface area contributed by atoms with E-state index in [9.17, 15) is 4.79 Å². The van der Waals surface area contributed by atoms with Gasteiger partial charge in [-0.05, 0) is 40.7 Å². The van der Waals surface area contributed by atoms with Gasteiger partial charge in [0, 0.05) is 19.3 Å². The second-order valence-corrected chi connectivity index (χ2v) is 5.35. The molecule has 1 fully saturated rings. The van der Waals surface area contributed by atoms with Gasteiger partial charge in [0.1, 0.15) is 5.60 Å². The molecule has 1 heterocycles. The van der Waals surface area contributed by atoms with Crippen LogP contribution in [0.3, 0.4) is 0 Å². The third kappa shape index (κ3) is 4.94. The Morgan fingerprint density at radius 1 is 1.38 bits per heavy atom. The highest BCUT2D eigenvalue weighted by Crippen LogP contribution is 2.13. The summed E-state index contributed by atoms with van der Waals surface area (Å²) in [4.78, 5) is 13.7. The first kappa shape index (κ1) is 13.5. The van der Waals surface area contributed by atoms with Crippen LogP contribution >= 0.6 is 0 Å². The van der Waals surface area contributed by atoms with Crippen LogP contribution in [-0.4, -0.2) is 49.3 Å². The van der Waals surface area contributed by atoms with Crippen LogP contribution in [0, 0.1) is 0 Å². The van der Waals surface area contributed by atoms with Crippen molar-refractivity contribution in [3.63, 3.8) is 0 Å². The van der Waals surface area contributed by atoms with E-state index in [0.717, 1.165) is 26.1 Å². The molecule has 1 aliphatic rings. The molecule has 0 N–H and O–H groups in total. The maximum Gasteiger partial charge on any atom is 0.320 e. The van der Waals surface area contributed by atoms with Crippen molar-refractivity contribution in [1.82, 2.24) is 4.90 Å². The Bertz CT molecular complexity index is 229. The molecule has 94 valence electrons. The van der Waals surface area contributed by atoms with Gasteiger partial charge in [-0.3, -0.25) is 9.69 Å². The van der Waals surface area contributed by atoms with Crippen molar-refractivity contribution in [2.24, 2.45) is 0 Å². The summed E-state index contributed by atoms with van der Waals surface area (Å²) in [5.74, 6) is -0.151. The molecular weight excluding hydrogens is 206 g/mol. The molecule has 0 aromatic carbocycles. The van der Waals surface area contributed by atoms with E-state index in [0.29, 0.717) is 12.6 Å². The largest absolute Gasteiger partial charge is 0.459 e. The van der Waals surface area contributed by atoms with Crippen LogP contribution in [0.5, 0.6) is 0 Å². The molecular formula is C12H23NO3. The van der Waals surface area contributed by atoms with E-state index < -0.39 is 5.60 Å². The predicted molar refractivity (Wildman–Crippen MR) is 62.3 cm³/mol. The molecule has 1 aliphatic heterocycles. The van der Waals surface area contributed by atoms with Gasteiger partial charge in [-0.1, -0.05) is 0 Å². The van der Waals surface area contributed by atoms with Crippen molar-refractivity contribution in [3.05, 3.63) is 0 Å². The molecule has 0 bridgehead atoms. The van der Waals surface area contributed by atoms with Gasteiger partial charge in [0.05, 0.1) is 6.54 Å². The van der Waals surface area contributed by atoms with Crippen molar-refractivity contribution in [3.8, 4) is 0 Å². The highest BCUT2D eigenvalue weighted by atomic mass is 16.6. The van der Waals surface area contributed by atoms with Crippen LogP contribution in [-0.2, 0) is 14.3 Å². The zero-order valence-electron chi connectivity index (χ0n) is 10.8. The smallest absolute Gasteiger partial charge is 0.320 e. The molecule has 4 nitrogen and oxygen atoms in total. The molecule has 4 heteroatoms. The SMILES string of the molecule is CN(CC(=O)OC(C)(C)C)C1CCOCC1. The highest BCUT2D eigenvalue weighted by molar-refractivity contribution is 5.72. The van der Waals surface area contributed by atoms with Gasteiger partial charge >= 0.3 is 5.97 Å². The average molecular weight is 229 g/mol. The Hall–Kier alpha value is -0.610. The number of carbonyl (C=O) groups excluding carboxylic acids is 1. The Morgan fingerprint density at radius 2 is 1.94 bits per heavy atom. The lowest BCUT2D eigenvalue weighted by Gasteiger charge is -2.31. The normalized spacial score (nSPS) is 18.8. The van der Waals surface area contributed by atoms with Gasteiger partial charge in [-0.15, -0.1) is 0 Å². The summed E-state index contributed by atoms with van der Waals surface area (Å²) >= 11 is 0. The summed E-state index contributed by atoms with van der Waals surface area (Å²) in [6, 6.07) is 0.446. The van der Waals surface area contributed by atoms with Crippen LogP contribution in [0.2, 0.25) is 0 Å². The molecule has 0 spiro atoms. The molecule has 16 heavy (non-hydrogen) atoms. The van der Waals surface area contributed by atoms with E-state index >= 15 is 0 Å². The lowest BCUT2D eigenvalue weighted by molar-refractivity contribution is -0.156. The van der Waals surface area contributed by atoms with Gasteiger partial charge in [-0.25, -0.2) is 0 Å². The minimum atomic E-state index is -0.395. The van der Waals surface area contributed by atoms with Crippen LogP contribution in [0.15, 0.2) is 0 Å². The Labute approximate surface area is 97.9 Å². The summed E-state index contributed by atoms with van der Waals surface area (Å²) < 4.78 is 10.6. The first-order valence-electron chi connectivity index (χ1n) is 5.88. The zero-order valence-corrected chi connectivity index (χ0v) is 10.8. The van der Waals surface area contributed by atoms with Crippen molar-refractivity contribution in [2.75, 3.05) is 26.8 Å². The third-order valence-corrected chi connectivity index (χ3v) is 2.61. The highest BCUT2D eigenvalue weighted by Gasteiger charge is 2.23. The van der Waals surface area contributed by atoms with Gasteiger partial charge in [-0.2, -0.15) is 0 Å². The van der Waals surface area contributed by atoms with Crippen LogP contribution < -0.4 is 0 Å². The van der Waals surface area contributed by atoms with Crippen molar-refractivity contribution in [2.45, 2.75) is 45.3 Å². The van der Waals surface area contributed by atoms with Crippen molar-refractivity contribution in [1.29, 1.82) is 0 Å². The van der Waals surface area contributed by atoms with E-state index in [1.807, 2.05) is 27.8 Å². The molecule has 0 radical (unpaired) electrons. The van der Waals surface area contributed by atoms with E-state index in [1.54, 1.807) is 0 Å². The molecule has 1 saturated heterocycles. The molecule has 0 aromatic heterocycles. The van der Waals surface area contributed by atoms with Crippen molar-refractivity contribution >= 4 is 5.97 Å². The Kier molecular flexibility index (Phi) is 4.74. The number of rotatable bonds is 3. The first-order chi connectivity index (χ1) is 7.38. The van der Waals surface area contributed by atoms with Gasteiger partial charge in [0.2, 0.25) is 0 Å². The Morgan fingerprint density at radius 3 is 2.44 bits per heavy atom. The summed E-state index contributed by atoms with van der Waals surface area (Å²) in [7, 11) is 1.97. The maximum absolute atomic E-state index is 11.6. The van der Waals surface area contributed by atoms with Gasteiger partial charge in [0.25, 0.3) is 0 Å². The molecule has 0 amide bonds. The Balaban J connectivity index is 2.32. The van der Waals surface area contributed by atoms with Gasteiger partial charge < -0.3 is 9.47 Å². The standard InChI is InChI=1S/C12H23NO3/c1-12(2,3)16-11(14)9-13(4)10-5-7-15-8-6-10/h10H,5-9H2,1-4H3. The zero-order chi connectivity index (χ0) is 12.2. The second-order valence-electron chi connectivity index (χ2n) is 5.35. The average Bonchev–Trinajstić information content (AvgIpc) is 2.16. The summed E-state index contributed by atoms with van der Waals surface area (Å²) in [5, 5.41) is 0. The van der Waals surface area contributed by atoms with E-state index in [1.165, 1.54) is 0 Å². The minimum absolute atomic E-state index is 0.151. The quantitative estimate of drug-likeness (QED) is 0.686. The van der Waals surface area contributed by atoms with Crippen LogP contribution in [0.25, 0.3) is 0 Å². The topological polar surface area (TPSA) is 38.8 Å². The minimum Gasteiger partial charge on any atom is -0.459 e. The van der Waals surface area contributed by atoms with Crippen LogP contribution in [0.4, 0.5) is 0 Å². The summed E-state index contributed by atoms with van der Waals surface area (Å²) in [5.41, 5.74) is -0.395. The fourth-order valence-electron chi connectivity index (χ4n) is 1.83. The number of ether oxygens (including phenoxy) is 2. The van der Waals surface area contributed by atoms with E-state index in [-0.39, 0.29) is 5.97 Å². The second kappa shape index (κ2) is 5.64. The van der Waals surface area contributed by atoms with Gasteiger partial charge in [0.15, 0.2) is 0 Å². The number of hydrogen-bond donors (Lipinski definition) is 0. The van der Waals surface area contributed by atoms with E-state index in [4.69, 9.17) is 9.47 Å². The summed E-state index contributed by atoms with van der Waals surface area (Å²) in [6.07, 6.45) is 2.00. The predicted octanol–water partition coefficient (Wildman–Crippen LogP) is 1.44. The number of carbonyl (C=O) groups is 1. The fraction of sp³-hybridized carbons (Fsp3) is 0.917.